The van der Waals surface area contributed by atoms with E-state index in [0.29, 0.717) is 24.0 Å². The van der Waals surface area contributed by atoms with Gasteiger partial charge in [-0.05, 0) is 19.3 Å². The largest absolute Gasteiger partial charge is 0.382 e. The maximum absolute atomic E-state index is 13.3. The SMILES string of the molecule is Nc1nc(F)nc2c1ncn2[C@@H]1CC[C@@H](C(=O)NO)C1. The van der Waals surface area contributed by atoms with E-state index in [2.05, 4.69) is 15.0 Å². The van der Waals surface area contributed by atoms with E-state index < -0.39 is 12.0 Å². The van der Waals surface area contributed by atoms with Crippen LogP contribution >= 0.6 is 0 Å². The first-order valence-corrected chi connectivity index (χ1v) is 6.19. The van der Waals surface area contributed by atoms with Gasteiger partial charge in [0, 0.05) is 12.0 Å². The van der Waals surface area contributed by atoms with Gasteiger partial charge in [-0.2, -0.15) is 14.4 Å². The maximum atomic E-state index is 13.3. The number of aromatic nitrogens is 4. The lowest BCUT2D eigenvalue weighted by Crippen LogP contribution is -2.26. The zero-order valence-electron chi connectivity index (χ0n) is 10.5. The summed E-state index contributed by atoms with van der Waals surface area (Å²) in [5.74, 6) is -0.683. The van der Waals surface area contributed by atoms with Crippen molar-refractivity contribution >= 4 is 22.9 Å². The second kappa shape index (κ2) is 4.67. The molecule has 106 valence electrons. The average molecular weight is 280 g/mol. The van der Waals surface area contributed by atoms with Crippen LogP contribution in [0.3, 0.4) is 0 Å². The van der Waals surface area contributed by atoms with Crippen LogP contribution in [-0.4, -0.2) is 30.6 Å². The number of carbonyl (C=O) groups excluding carboxylic acids is 1. The van der Waals surface area contributed by atoms with Gasteiger partial charge in [0.2, 0.25) is 5.91 Å². The van der Waals surface area contributed by atoms with Crippen LogP contribution in [0.25, 0.3) is 11.2 Å². The highest BCUT2D eigenvalue weighted by atomic mass is 19.1. The number of carbonyl (C=O) groups is 1. The Labute approximate surface area is 112 Å². The van der Waals surface area contributed by atoms with Crippen LogP contribution in [0.15, 0.2) is 6.33 Å². The summed E-state index contributed by atoms with van der Waals surface area (Å²) >= 11 is 0. The number of anilines is 1. The molecule has 2 heterocycles. The van der Waals surface area contributed by atoms with Gasteiger partial charge in [0.1, 0.15) is 5.52 Å². The van der Waals surface area contributed by atoms with Gasteiger partial charge in [-0.25, -0.2) is 10.5 Å². The number of hydroxylamine groups is 1. The fourth-order valence-corrected chi connectivity index (χ4v) is 2.72. The molecule has 1 aliphatic rings. The van der Waals surface area contributed by atoms with Crippen LogP contribution in [0.5, 0.6) is 0 Å². The van der Waals surface area contributed by atoms with Crippen molar-refractivity contribution in [3.05, 3.63) is 12.4 Å². The molecule has 0 radical (unpaired) electrons. The summed E-state index contributed by atoms with van der Waals surface area (Å²) in [5.41, 5.74) is 7.93. The summed E-state index contributed by atoms with van der Waals surface area (Å²) < 4.78 is 15.0. The van der Waals surface area contributed by atoms with Crippen LogP contribution < -0.4 is 11.2 Å². The number of halogens is 1. The van der Waals surface area contributed by atoms with Crippen molar-refractivity contribution in [2.45, 2.75) is 25.3 Å². The third-order valence-electron chi connectivity index (χ3n) is 3.70. The molecule has 2 aromatic heterocycles. The van der Waals surface area contributed by atoms with Crippen molar-refractivity contribution in [3.8, 4) is 0 Å². The van der Waals surface area contributed by atoms with E-state index in [1.54, 1.807) is 10.0 Å². The Balaban J connectivity index is 1.94. The fraction of sp³-hybridized carbons (Fsp3) is 0.455. The second-order valence-electron chi connectivity index (χ2n) is 4.84. The number of fused-ring (bicyclic) bond motifs is 1. The zero-order valence-corrected chi connectivity index (χ0v) is 10.5. The van der Waals surface area contributed by atoms with Gasteiger partial charge in [-0.1, -0.05) is 0 Å². The van der Waals surface area contributed by atoms with Gasteiger partial charge in [-0.15, -0.1) is 0 Å². The van der Waals surface area contributed by atoms with Crippen LogP contribution in [-0.2, 0) is 4.79 Å². The van der Waals surface area contributed by atoms with Crippen molar-refractivity contribution in [1.82, 2.24) is 25.0 Å². The molecular formula is C11H13FN6O2. The Morgan fingerprint density at radius 3 is 3.05 bits per heavy atom. The van der Waals surface area contributed by atoms with Crippen molar-refractivity contribution in [2.24, 2.45) is 5.92 Å². The molecule has 1 fully saturated rings. The average Bonchev–Trinajstić information content (AvgIpc) is 3.03. The van der Waals surface area contributed by atoms with Gasteiger partial charge >= 0.3 is 6.08 Å². The van der Waals surface area contributed by atoms with Crippen LogP contribution in [0.4, 0.5) is 10.2 Å². The van der Waals surface area contributed by atoms with Crippen LogP contribution in [0.2, 0.25) is 0 Å². The highest BCUT2D eigenvalue weighted by Gasteiger charge is 2.32. The monoisotopic (exact) mass is 280 g/mol. The summed E-state index contributed by atoms with van der Waals surface area (Å²) in [6.45, 7) is 0. The predicted octanol–water partition coefficient (Wildman–Crippen LogP) is 0.394. The number of imidazole rings is 1. The van der Waals surface area contributed by atoms with E-state index in [1.165, 1.54) is 6.33 Å². The maximum Gasteiger partial charge on any atom is 0.312 e. The first-order valence-electron chi connectivity index (χ1n) is 6.19. The Morgan fingerprint density at radius 1 is 1.50 bits per heavy atom. The van der Waals surface area contributed by atoms with E-state index >= 15 is 0 Å². The molecule has 0 saturated heterocycles. The molecule has 2 atom stereocenters. The molecule has 20 heavy (non-hydrogen) atoms. The first-order chi connectivity index (χ1) is 9.60. The lowest BCUT2D eigenvalue weighted by Gasteiger charge is -2.12. The minimum Gasteiger partial charge on any atom is -0.382 e. The summed E-state index contributed by atoms with van der Waals surface area (Å²) in [4.78, 5) is 22.6. The quantitative estimate of drug-likeness (QED) is 0.416. The number of amides is 1. The van der Waals surface area contributed by atoms with Crippen molar-refractivity contribution in [2.75, 3.05) is 5.73 Å². The van der Waals surface area contributed by atoms with Crippen LogP contribution in [0.1, 0.15) is 25.3 Å². The number of hydrogen-bond acceptors (Lipinski definition) is 6. The fourth-order valence-electron chi connectivity index (χ4n) is 2.72. The normalized spacial score (nSPS) is 22.3. The summed E-state index contributed by atoms with van der Waals surface area (Å²) in [6.07, 6.45) is 2.51. The van der Waals surface area contributed by atoms with E-state index in [4.69, 9.17) is 10.9 Å². The van der Waals surface area contributed by atoms with Crippen molar-refractivity contribution < 1.29 is 14.4 Å². The standard InChI is InChI=1S/C11H13FN6O2/c12-11-15-8(13)7-9(16-11)18(4-14-7)6-2-1-5(3-6)10(19)17-20/h4-6,20H,1-3H2,(H,17,19)(H2,13,15,16)/t5-,6-/m1/s1. The lowest BCUT2D eigenvalue weighted by atomic mass is 10.1. The second-order valence-corrected chi connectivity index (χ2v) is 4.84. The molecule has 0 aliphatic heterocycles. The lowest BCUT2D eigenvalue weighted by molar-refractivity contribution is -0.133. The number of nitrogen functional groups attached to an aromatic ring is 1. The molecule has 2 aromatic rings. The summed E-state index contributed by atoms with van der Waals surface area (Å²) in [5, 5.41) is 8.65. The van der Waals surface area contributed by atoms with E-state index in [0.717, 1.165) is 6.42 Å². The molecule has 9 heteroatoms. The Morgan fingerprint density at radius 2 is 2.30 bits per heavy atom. The number of nitrogens with zero attached hydrogens (tertiary/aromatic N) is 4. The minimum atomic E-state index is -0.903. The first kappa shape index (κ1) is 12.7. The van der Waals surface area contributed by atoms with Crippen LogP contribution in [0, 0.1) is 12.0 Å². The Bertz CT molecular complexity index is 672. The summed E-state index contributed by atoms with van der Waals surface area (Å²) in [6, 6.07) is -0.0315. The number of rotatable bonds is 2. The zero-order chi connectivity index (χ0) is 14.3. The molecule has 8 nitrogen and oxygen atoms in total. The van der Waals surface area contributed by atoms with E-state index in [9.17, 15) is 9.18 Å². The van der Waals surface area contributed by atoms with Gasteiger partial charge < -0.3 is 10.3 Å². The Hall–Kier alpha value is -2.29. The molecule has 4 N–H and O–H groups in total. The van der Waals surface area contributed by atoms with Crippen molar-refractivity contribution in [3.63, 3.8) is 0 Å². The van der Waals surface area contributed by atoms with Gasteiger partial charge in [0.15, 0.2) is 11.5 Å². The molecule has 0 spiro atoms. The van der Waals surface area contributed by atoms with Crippen molar-refractivity contribution in [1.29, 1.82) is 0 Å². The van der Waals surface area contributed by atoms with E-state index in [-0.39, 0.29) is 17.8 Å². The van der Waals surface area contributed by atoms with Gasteiger partial charge in [0.25, 0.3) is 0 Å². The molecule has 1 aliphatic carbocycles. The number of nitrogens with one attached hydrogen (secondary N) is 1. The number of nitrogens with two attached hydrogens (primary N) is 1. The Kier molecular flexibility index (Phi) is 2.97. The smallest absolute Gasteiger partial charge is 0.312 e. The molecule has 0 unspecified atom stereocenters. The minimum absolute atomic E-state index is 0.00565. The third kappa shape index (κ3) is 1.95. The van der Waals surface area contributed by atoms with Gasteiger partial charge in [-0.3, -0.25) is 10.0 Å². The molecular weight excluding hydrogens is 267 g/mol. The summed E-state index contributed by atoms with van der Waals surface area (Å²) in [7, 11) is 0. The van der Waals surface area contributed by atoms with Gasteiger partial charge in [0.05, 0.1) is 6.33 Å². The highest BCUT2D eigenvalue weighted by Crippen LogP contribution is 2.36. The predicted molar refractivity (Wildman–Crippen MR) is 66.0 cm³/mol. The molecule has 1 saturated carbocycles. The third-order valence-corrected chi connectivity index (χ3v) is 3.70. The molecule has 0 bridgehead atoms. The molecule has 0 aromatic carbocycles. The molecule has 1 amide bonds. The highest BCUT2D eigenvalue weighted by molar-refractivity contribution is 5.81. The molecule has 3 rings (SSSR count). The van der Waals surface area contributed by atoms with E-state index in [1.807, 2.05) is 0 Å². The number of hydrogen-bond donors (Lipinski definition) is 3. The topological polar surface area (TPSA) is 119 Å².